The smallest absolute Gasteiger partial charge is 0.379 e. The molecular formula is C21H16ClN5O3S. The Bertz CT molecular complexity index is 1190. The van der Waals surface area contributed by atoms with Crippen LogP contribution < -0.4 is 5.32 Å². The summed E-state index contributed by atoms with van der Waals surface area (Å²) < 4.78 is 6.85. The molecule has 3 aromatic heterocycles. The van der Waals surface area contributed by atoms with Crippen molar-refractivity contribution in [3.63, 3.8) is 0 Å². The highest BCUT2D eigenvalue weighted by Crippen LogP contribution is 2.25. The fourth-order valence-electron chi connectivity index (χ4n) is 2.66. The number of rotatable bonds is 6. The molecule has 0 aliphatic carbocycles. The van der Waals surface area contributed by atoms with Gasteiger partial charge in [0.05, 0.1) is 15.6 Å². The third-order valence-electron chi connectivity index (χ3n) is 4.16. The van der Waals surface area contributed by atoms with Crippen LogP contribution in [-0.2, 0) is 9.53 Å². The third-order valence-corrected chi connectivity index (χ3v) is 5.25. The van der Waals surface area contributed by atoms with E-state index in [-0.39, 0.29) is 5.82 Å². The maximum Gasteiger partial charge on any atom is 0.379 e. The number of halogens is 1. The molecule has 8 nitrogen and oxygen atoms in total. The molecule has 156 valence electrons. The number of anilines is 1. The predicted octanol–water partition coefficient (Wildman–Crippen LogP) is 4.23. The molecule has 4 aromatic rings. The van der Waals surface area contributed by atoms with Crippen LogP contribution in [0.5, 0.6) is 0 Å². The number of amides is 1. The van der Waals surface area contributed by atoms with E-state index in [1.165, 1.54) is 24.5 Å². The standard InChI is InChI=1S/C21H16ClN5O3S/c1-13(20(28)24-17-10-9-14(22)12-23-17)30-21(29)18-25-19(16-8-5-11-31-16)27(26-18)15-6-3-2-4-7-15/h2-13H,1H3,(H,23,24,28). The van der Waals surface area contributed by atoms with Crippen LogP contribution in [0.15, 0.2) is 66.2 Å². The van der Waals surface area contributed by atoms with Crippen molar-refractivity contribution in [2.24, 2.45) is 0 Å². The number of carbonyl (C=O) groups excluding carboxylic acids is 2. The van der Waals surface area contributed by atoms with Gasteiger partial charge in [-0.3, -0.25) is 4.79 Å². The van der Waals surface area contributed by atoms with Crippen LogP contribution in [0.25, 0.3) is 16.4 Å². The zero-order valence-electron chi connectivity index (χ0n) is 16.2. The number of hydrogen-bond donors (Lipinski definition) is 1. The molecule has 1 aromatic carbocycles. The Labute approximate surface area is 186 Å². The minimum absolute atomic E-state index is 0.142. The number of esters is 1. The van der Waals surface area contributed by atoms with Crippen molar-refractivity contribution in [2.45, 2.75) is 13.0 Å². The summed E-state index contributed by atoms with van der Waals surface area (Å²) in [5.41, 5.74) is 0.747. The molecule has 0 saturated heterocycles. The molecule has 0 saturated carbocycles. The number of aromatic nitrogens is 4. The van der Waals surface area contributed by atoms with E-state index in [1.807, 2.05) is 47.8 Å². The summed E-state index contributed by atoms with van der Waals surface area (Å²) >= 11 is 7.26. The summed E-state index contributed by atoms with van der Waals surface area (Å²) in [5, 5.41) is 9.24. The quantitative estimate of drug-likeness (QED) is 0.438. The minimum atomic E-state index is -1.08. The van der Waals surface area contributed by atoms with Crippen LogP contribution in [0.2, 0.25) is 5.02 Å². The molecule has 3 heterocycles. The van der Waals surface area contributed by atoms with Gasteiger partial charge in [-0.25, -0.2) is 14.5 Å². The second kappa shape index (κ2) is 9.07. The molecule has 1 amide bonds. The van der Waals surface area contributed by atoms with E-state index >= 15 is 0 Å². The summed E-state index contributed by atoms with van der Waals surface area (Å²) in [6, 6.07) is 16.2. The minimum Gasteiger partial charge on any atom is -0.447 e. The lowest BCUT2D eigenvalue weighted by molar-refractivity contribution is -0.123. The van der Waals surface area contributed by atoms with E-state index in [0.717, 1.165) is 10.6 Å². The average molecular weight is 454 g/mol. The molecule has 0 aliphatic rings. The van der Waals surface area contributed by atoms with Crippen molar-refractivity contribution >= 4 is 40.6 Å². The zero-order chi connectivity index (χ0) is 21.8. The van der Waals surface area contributed by atoms with E-state index in [0.29, 0.717) is 16.7 Å². The van der Waals surface area contributed by atoms with Crippen LogP contribution in [0, 0.1) is 0 Å². The Hall–Kier alpha value is -3.56. The van der Waals surface area contributed by atoms with Gasteiger partial charge in [0.25, 0.3) is 11.7 Å². The van der Waals surface area contributed by atoms with Crippen LogP contribution in [0.1, 0.15) is 17.5 Å². The number of benzene rings is 1. The van der Waals surface area contributed by atoms with Crippen molar-refractivity contribution in [1.82, 2.24) is 19.7 Å². The molecule has 10 heteroatoms. The van der Waals surface area contributed by atoms with Crippen molar-refractivity contribution in [3.8, 4) is 16.4 Å². The monoisotopic (exact) mass is 453 g/mol. The summed E-state index contributed by atoms with van der Waals surface area (Å²) in [4.78, 5) is 34.2. The van der Waals surface area contributed by atoms with E-state index in [2.05, 4.69) is 20.4 Å². The predicted molar refractivity (Wildman–Crippen MR) is 117 cm³/mol. The molecule has 0 fully saturated rings. The van der Waals surface area contributed by atoms with Gasteiger partial charge in [0, 0.05) is 6.20 Å². The van der Waals surface area contributed by atoms with Gasteiger partial charge in [-0.2, -0.15) is 4.98 Å². The zero-order valence-corrected chi connectivity index (χ0v) is 17.8. The van der Waals surface area contributed by atoms with Crippen LogP contribution in [0.4, 0.5) is 5.82 Å². The van der Waals surface area contributed by atoms with Gasteiger partial charge < -0.3 is 10.1 Å². The molecule has 1 unspecified atom stereocenters. The normalized spacial score (nSPS) is 11.7. The maximum absolute atomic E-state index is 12.7. The first-order chi connectivity index (χ1) is 15.0. The van der Waals surface area contributed by atoms with Gasteiger partial charge in [-0.15, -0.1) is 16.4 Å². The molecule has 31 heavy (non-hydrogen) atoms. The molecule has 1 atom stereocenters. The molecule has 0 spiro atoms. The largest absolute Gasteiger partial charge is 0.447 e. The molecular weight excluding hydrogens is 438 g/mol. The number of pyridine rings is 1. The summed E-state index contributed by atoms with van der Waals surface area (Å²) in [7, 11) is 0. The highest BCUT2D eigenvalue weighted by molar-refractivity contribution is 7.13. The number of hydrogen-bond acceptors (Lipinski definition) is 7. The second-order valence-electron chi connectivity index (χ2n) is 6.38. The number of para-hydroxylation sites is 1. The lowest BCUT2D eigenvalue weighted by Gasteiger charge is -2.11. The Morgan fingerprint density at radius 3 is 2.61 bits per heavy atom. The Kier molecular flexibility index (Phi) is 6.06. The first kappa shape index (κ1) is 20.7. The van der Waals surface area contributed by atoms with E-state index in [4.69, 9.17) is 16.3 Å². The van der Waals surface area contributed by atoms with Crippen LogP contribution >= 0.6 is 22.9 Å². The van der Waals surface area contributed by atoms with Crippen molar-refractivity contribution in [1.29, 1.82) is 0 Å². The second-order valence-corrected chi connectivity index (χ2v) is 7.77. The molecule has 4 rings (SSSR count). The highest BCUT2D eigenvalue weighted by Gasteiger charge is 2.25. The van der Waals surface area contributed by atoms with Gasteiger partial charge in [-0.05, 0) is 42.6 Å². The first-order valence-electron chi connectivity index (χ1n) is 9.21. The third kappa shape index (κ3) is 4.79. The van der Waals surface area contributed by atoms with Gasteiger partial charge in [0.1, 0.15) is 5.82 Å². The maximum atomic E-state index is 12.7. The summed E-state index contributed by atoms with van der Waals surface area (Å²) in [5.74, 6) is -0.681. The molecule has 0 bridgehead atoms. The topological polar surface area (TPSA) is 99.0 Å². The molecule has 0 radical (unpaired) electrons. The van der Waals surface area contributed by atoms with E-state index in [1.54, 1.807) is 16.8 Å². The van der Waals surface area contributed by atoms with Crippen LogP contribution in [-0.4, -0.2) is 37.7 Å². The first-order valence-corrected chi connectivity index (χ1v) is 10.5. The fourth-order valence-corrected chi connectivity index (χ4v) is 3.47. The Balaban J connectivity index is 1.53. The van der Waals surface area contributed by atoms with E-state index in [9.17, 15) is 9.59 Å². The Morgan fingerprint density at radius 1 is 1.13 bits per heavy atom. The highest BCUT2D eigenvalue weighted by atomic mass is 35.5. The SMILES string of the molecule is CC(OC(=O)c1nc(-c2cccs2)n(-c2ccccc2)n1)C(=O)Nc1ccc(Cl)cn1. The number of thiophene rings is 1. The van der Waals surface area contributed by atoms with Gasteiger partial charge in [0.2, 0.25) is 0 Å². The average Bonchev–Trinajstić information content (AvgIpc) is 3.46. The number of nitrogens with zero attached hydrogens (tertiary/aromatic N) is 4. The fraction of sp³-hybridized carbons (Fsp3) is 0.0952. The number of nitrogens with one attached hydrogen (secondary N) is 1. The lowest BCUT2D eigenvalue weighted by Crippen LogP contribution is -2.30. The van der Waals surface area contributed by atoms with Crippen LogP contribution in [0.3, 0.4) is 0 Å². The van der Waals surface area contributed by atoms with Gasteiger partial charge in [0.15, 0.2) is 11.9 Å². The van der Waals surface area contributed by atoms with Crippen molar-refractivity contribution < 1.29 is 14.3 Å². The van der Waals surface area contributed by atoms with Crippen molar-refractivity contribution in [3.05, 3.63) is 77.0 Å². The number of ether oxygens (including phenoxy) is 1. The summed E-state index contributed by atoms with van der Waals surface area (Å²) in [6.07, 6.45) is 0.318. The molecule has 1 N–H and O–H groups in total. The van der Waals surface area contributed by atoms with Crippen molar-refractivity contribution in [2.75, 3.05) is 5.32 Å². The molecule has 0 aliphatic heterocycles. The van der Waals surface area contributed by atoms with Gasteiger partial charge >= 0.3 is 5.97 Å². The lowest BCUT2D eigenvalue weighted by atomic mass is 10.3. The Morgan fingerprint density at radius 2 is 1.94 bits per heavy atom. The van der Waals surface area contributed by atoms with Gasteiger partial charge in [-0.1, -0.05) is 35.9 Å². The summed E-state index contributed by atoms with van der Waals surface area (Å²) in [6.45, 7) is 1.46. The van der Waals surface area contributed by atoms with E-state index < -0.39 is 18.0 Å². The number of carbonyl (C=O) groups is 2.